The maximum atomic E-state index is 12.3. The van der Waals surface area contributed by atoms with Crippen LogP contribution in [0, 0.1) is 0 Å². The van der Waals surface area contributed by atoms with Crippen LogP contribution >= 0.6 is 15.9 Å². The van der Waals surface area contributed by atoms with Gasteiger partial charge in [0.2, 0.25) is 0 Å². The van der Waals surface area contributed by atoms with Gasteiger partial charge in [-0.2, -0.15) is 0 Å². The number of nitrogen functional groups attached to an aromatic ring is 1. The van der Waals surface area contributed by atoms with Gasteiger partial charge in [-0.15, -0.1) is 0 Å². The number of fused-ring (bicyclic) bond motifs is 1. The van der Waals surface area contributed by atoms with Crippen molar-refractivity contribution in [3.63, 3.8) is 0 Å². The Bertz CT molecular complexity index is 831. The standard InChI is InChI=1S/C14H10BrN5O/c15-9-7-17-6-8-2-1-3-10(11(8)9)20-14(21)12-13(16)19-5-4-18-12/h1-7H,(H2,16,19)(H,20,21). The van der Waals surface area contributed by atoms with Gasteiger partial charge < -0.3 is 11.1 Å². The van der Waals surface area contributed by atoms with Gasteiger partial charge in [0.25, 0.3) is 5.91 Å². The Morgan fingerprint density at radius 2 is 2.00 bits per heavy atom. The Balaban J connectivity index is 2.03. The van der Waals surface area contributed by atoms with Gasteiger partial charge in [0.05, 0.1) is 5.69 Å². The highest BCUT2D eigenvalue weighted by Crippen LogP contribution is 2.30. The number of carbonyl (C=O) groups is 1. The van der Waals surface area contributed by atoms with Crippen molar-refractivity contribution in [3.8, 4) is 0 Å². The summed E-state index contributed by atoms with van der Waals surface area (Å²) in [6.45, 7) is 0. The van der Waals surface area contributed by atoms with Gasteiger partial charge in [-0.25, -0.2) is 9.97 Å². The predicted molar refractivity (Wildman–Crippen MR) is 83.8 cm³/mol. The summed E-state index contributed by atoms with van der Waals surface area (Å²) in [5, 5.41) is 4.58. The molecule has 0 unspecified atom stereocenters. The molecule has 6 nitrogen and oxygen atoms in total. The number of nitrogens with zero attached hydrogens (tertiary/aromatic N) is 3. The highest BCUT2D eigenvalue weighted by Gasteiger charge is 2.14. The quantitative estimate of drug-likeness (QED) is 0.745. The lowest BCUT2D eigenvalue weighted by molar-refractivity contribution is 0.102. The van der Waals surface area contributed by atoms with Gasteiger partial charge in [-0.3, -0.25) is 9.78 Å². The van der Waals surface area contributed by atoms with Crippen LogP contribution in [0.2, 0.25) is 0 Å². The zero-order valence-electron chi connectivity index (χ0n) is 10.7. The molecule has 0 radical (unpaired) electrons. The molecule has 0 aliphatic rings. The number of carbonyl (C=O) groups excluding carboxylic acids is 1. The maximum Gasteiger partial charge on any atom is 0.278 e. The number of hydrogen-bond acceptors (Lipinski definition) is 5. The Morgan fingerprint density at radius 3 is 2.81 bits per heavy atom. The fraction of sp³-hybridized carbons (Fsp3) is 0. The largest absolute Gasteiger partial charge is 0.382 e. The zero-order valence-corrected chi connectivity index (χ0v) is 12.3. The first kappa shape index (κ1) is 13.4. The molecule has 7 heteroatoms. The number of nitrogens with two attached hydrogens (primary N) is 1. The van der Waals surface area contributed by atoms with Crippen LogP contribution in [0.15, 0.2) is 47.5 Å². The molecule has 3 aromatic rings. The first-order valence-electron chi connectivity index (χ1n) is 6.07. The molecule has 0 atom stereocenters. The van der Waals surface area contributed by atoms with E-state index < -0.39 is 5.91 Å². The molecule has 1 amide bonds. The lowest BCUT2D eigenvalue weighted by Crippen LogP contribution is -2.16. The van der Waals surface area contributed by atoms with Crippen molar-refractivity contribution in [2.24, 2.45) is 0 Å². The molecule has 2 heterocycles. The van der Waals surface area contributed by atoms with Crippen LogP contribution in [0.1, 0.15) is 10.5 Å². The summed E-state index contributed by atoms with van der Waals surface area (Å²) in [6.07, 6.45) is 6.27. The maximum absolute atomic E-state index is 12.3. The monoisotopic (exact) mass is 343 g/mol. The van der Waals surface area contributed by atoms with Crippen LogP contribution < -0.4 is 11.1 Å². The number of halogens is 1. The Kier molecular flexibility index (Phi) is 3.49. The van der Waals surface area contributed by atoms with Crippen LogP contribution in [0.4, 0.5) is 11.5 Å². The fourth-order valence-electron chi connectivity index (χ4n) is 2.00. The zero-order chi connectivity index (χ0) is 14.8. The summed E-state index contributed by atoms with van der Waals surface area (Å²) >= 11 is 3.44. The van der Waals surface area contributed by atoms with Gasteiger partial charge >= 0.3 is 0 Å². The molecular formula is C14H10BrN5O. The molecule has 0 fully saturated rings. The number of nitrogens with one attached hydrogen (secondary N) is 1. The second kappa shape index (κ2) is 5.45. The van der Waals surface area contributed by atoms with E-state index in [1.807, 2.05) is 12.1 Å². The third-order valence-electron chi connectivity index (χ3n) is 2.93. The first-order chi connectivity index (χ1) is 10.2. The van der Waals surface area contributed by atoms with Gasteiger partial charge in [-0.1, -0.05) is 12.1 Å². The molecule has 104 valence electrons. The average Bonchev–Trinajstić information content (AvgIpc) is 2.48. The predicted octanol–water partition coefficient (Wildman–Crippen LogP) is 2.62. The van der Waals surface area contributed by atoms with E-state index >= 15 is 0 Å². The summed E-state index contributed by atoms with van der Waals surface area (Å²) in [5.74, 6) is -0.312. The van der Waals surface area contributed by atoms with Crippen molar-refractivity contribution in [1.29, 1.82) is 0 Å². The third kappa shape index (κ3) is 2.55. The number of rotatable bonds is 2. The van der Waals surface area contributed by atoms with E-state index in [-0.39, 0.29) is 11.5 Å². The molecule has 2 aromatic heterocycles. The summed E-state index contributed by atoms with van der Waals surface area (Å²) in [4.78, 5) is 24.2. The lowest BCUT2D eigenvalue weighted by atomic mass is 10.1. The minimum atomic E-state index is -0.406. The van der Waals surface area contributed by atoms with Crippen molar-refractivity contribution < 1.29 is 4.79 Å². The Hall–Kier alpha value is -2.54. The summed E-state index contributed by atoms with van der Waals surface area (Å²) in [6, 6.07) is 5.56. The van der Waals surface area contributed by atoms with Crippen LogP contribution in [-0.2, 0) is 0 Å². The highest BCUT2D eigenvalue weighted by molar-refractivity contribution is 9.10. The molecule has 0 aliphatic heterocycles. The van der Waals surface area contributed by atoms with E-state index in [4.69, 9.17) is 5.73 Å². The molecule has 1 aromatic carbocycles. The molecule has 0 spiro atoms. The normalized spacial score (nSPS) is 10.5. The van der Waals surface area contributed by atoms with Crippen LogP contribution in [0.3, 0.4) is 0 Å². The van der Waals surface area contributed by atoms with Crippen molar-refractivity contribution in [1.82, 2.24) is 15.0 Å². The SMILES string of the molecule is Nc1nccnc1C(=O)Nc1cccc2cncc(Br)c12. The van der Waals surface area contributed by atoms with Gasteiger partial charge in [0.15, 0.2) is 11.5 Å². The second-order valence-corrected chi connectivity index (χ2v) is 5.12. The second-order valence-electron chi connectivity index (χ2n) is 4.27. The molecule has 3 rings (SSSR count). The number of pyridine rings is 1. The van der Waals surface area contributed by atoms with E-state index in [2.05, 4.69) is 36.2 Å². The number of amides is 1. The number of anilines is 2. The van der Waals surface area contributed by atoms with Crippen molar-refractivity contribution in [2.75, 3.05) is 11.1 Å². The van der Waals surface area contributed by atoms with Crippen molar-refractivity contribution in [2.45, 2.75) is 0 Å². The summed E-state index contributed by atoms with van der Waals surface area (Å²) < 4.78 is 0.794. The number of aromatic nitrogens is 3. The molecule has 0 aliphatic carbocycles. The smallest absolute Gasteiger partial charge is 0.278 e. The molecule has 0 saturated carbocycles. The molecule has 21 heavy (non-hydrogen) atoms. The van der Waals surface area contributed by atoms with Gasteiger partial charge in [-0.05, 0) is 22.0 Å². The lowest BCUT2D eigenvalue weighted by Gasteiger charge is -2.10. The number of benzene rings is 1. The number of hydrogen-bond donors (Lipinski definition) is 2. The van der Waals surface area contributed by atoms with E-state index in [1.165, 1.54) is 12.4 Å². The first-order valence-corrected chi connectivity index (χ1v) is 6.86. The topological polar surface area (TPSA) is 93.8 Å². The van der Waals surface area contributed by atoms with E-state index in [1.54, 1.807) is 18.5 Å². The molecular weight excluding hydrogens is 334 g/mol. The van der Waals surface area contributed by atoms with Gasteiger partial charge in [0, 0.05) is 40.0 Å². The molecule has 3 N–H and O–H groups in total. The average molecular weight is 344 g/mol. The minimum Gasteiger partial charge on any atom is -0.382 e. The highest BCUT2D eigenvalue weighted by atomic mass is 79.9. The van der Waals surface area contributed by atoms with Crippen LogP contribution in [0.25, 0.3) is 10.8 Å². The molecule has 0 saturated heterocycles. The Labute approximate surface area is 128 Å². The van der Waals surface area contributed by atoms with E-state index in [0.29, 0.717) is 5.69 Å². The van der Waals surface area contributed by atoms with Gasteiger partial charge in [0.1, 0.15) is 0 Å². The minimum absolute atomic E-state index is 0.0935. The third-order valence-corrected chi connectivity index (χ3v) is 3.53. The van der Waals surface area contributed by atoms with Crippen molar-refractivity contribution in [3.05, 3.63) is 53.2 Å². The van der Waals surface area contributed by atoms with E-state index in [9.17, 15) is 4.79 Å². The van der Waals surface area contributed by atoms with Crippen LogP contribution in [-0.4, -0.2) is 20.9 Å². The van der Waals surface area contributed by atoms with Crippen LogP contribution in [0.5, 0.6) is 0 Å². The Morgan fingerprint density at radius 1 is 1.19 bits per heavy atom. The van der Waals surface area contributed by atoms with E-state index in [0.717, 1.165) is 15.2 Å². The molecule has 0 bridgehead atoms. The van der Waals surface area contributed by atoms with Crippen molar-refractivity contribution >= 4 is 44.1 Å². The fourth-order valence-corrected chi connectivity index (χ4v) is 2.56. The summed E-state index contributed by atoms with van der Waals surface area (Å²) in [7, 11) is 0. The summed E-state index contributed by atoms with van der Waals surface area (Å²) in [5.41, 5.74) is 6.41.